The van der Waals surface area contributed by atoms with E-state index in [9.17, 15) is 9.18 Å². The number of amides is 1. The van der Waals surface area contributed by atoms with Crippen LogP contribution in [-0.4, -0.2) is 19.1 Å². The van der Waals surface area contributed by atoms with Crippen molar-refractivity contribution in [3.63, 3.8) is 0 Å². The average molecular weight is 353 g/mol. The topological polar surface area (TPSA) is 29.5 Å². The molecule has 0 bridgehead atoms. The molecule has 4 heteroatoms. The third-order valence-electron chi connectivity index (χ3n) is 4.90. The van der Waals surface area contributed by atoms with Gasteiger partial charge in [0.2, 0.25) is 0 Å². The number of fused-ring (bicyclic) bond motifs is 1. The van der Waals surface area contributed by atoms with Gasteiger partial charge in [0.05, 0.1) is 6.33 Å². The minimum Gasteiger partial charge on any atom is -0.489 e. The maximum Gasteiger partial charge on any atom is 0.258 e. The summed E-state index contributed by atoms with van der Waals surface area (Å²) in [6.07, 6.45) is 1.99. The molecule has 2 aromatic carbocycles. The predicted octanol–water partition coefficient (Wildman–Crippen LogP) is 5.15. The molecule has 2 aromatic rings. The number of para-hydroxylation sites is 1. The van der Waals surface area contributed by atoms with Crippen molar-refractivity contribution in [1.82, 2.24) is 0 Å². The van der Waals surface area contributed by atoms with Gasteiger partial charge in [0, 0.05) is 17.8 Å². The predicted molar refractivity (Wildman–Crippen MR) is 103 cm³/mol. The van der Waals surface area contributed by atoms with E-state index in [0.717, 1.165) is 28.8 Å². The third-order valence-corrected chi connectivity index (χ3v) is 4.90. The van der Waals surface area contributed by atoms with Gasteiger partial charge in [-0.15, -0.1) is 0 Å². The van der Waals surface area contributed by atoms with E-state index in [0.29, 0.717) is 36.2 Å². The van der Waals surface area contributed by atoms with E-state index in [1.54, 1.807) is 6.07 Å². The number of hydrogen-bond acceptors (Lipinski definition) is 2. The number of halogens is 1. The lowest BCUT2D eigenvalue weighted by atomic mass is 9.96. The van der Waals surface area contributed by atoms with E-state index in [4.69, 9.17) is 4.74 Å². The van der Waals surface area contributed by atoms with Crippen molar-refractivity contribution in [2.24, 2.45) is 0 Å². The normalized spacial score (nSPS) is 14.4. The number of hydrogen-bond donors (Lipinski definition) is 0. The van der Waals surface area contributed by atoms with Crippen molar-refractivity contribution in [2.45, 2.75) is 33.6 Å². The summed E-state index contributed by atoms with van der Waals surface area (Å²) in [5.41, 5.74) is 5.52. The van der Waals surface area contributed by atoms with Crippen LogP contribution in [0.4, 0.5) is 10.1 Å². The van der Waals surface area contributed by atoms with Crippen LogP contribution in [0.2, 0.25) is 0 Å². The summed E-state index contributed by atoms with van der Waals surface area (Å²) in [6.45, 7) is 6.83. The molecule has 0 atom stereocenters. The van der Waals surface area contributed by atoms with Crippen LogP contribution >= 0.6 is 0 Å². The first kappa shape index (κ1) is 18.2. The highest BCUT2D eigenvalue weighted by Crippen LogP contribution is 2.31. The molecule has 0 fully saturated rings. The monoisotopic (exact) mass is 353 g/mol. The fraction of sp³-hybridized carbons (Fsp3) is 0.318. The molecule has 3 nitrogen and oxygen atoms in total. The molecule has 26 heavy (non-hydrogen) atoms. The van der Waals surface area contributed by atoms with E-state index in [-0.39, 0.29) is 12.5 Å². The van der Waals surface area contributed by atoms with Gasteiger partial charge in [-0.3, -0.25) is 4.79 Å². The van der Waals surface area contributed by atoms with E-state index >= 15 is 0 Å². The van der Waals surface area contributed by atoms with Gasteiger partial charge in [-0.05, 0) is 67.2 Å². The third kappa shape index (κ3) is 3.50. The summed E-state index contributed by atoms with van der Waals surface area (Å²) in [7, 11) is 0. The van der Waals surface area contributed by atoms with Gasteiger partial charge in [-0.1, -0.05) is 25.1 Å². The molecule has 0 saturated carbocycles. The molecular weight excluding hydrogens is 329 g/mol. The summed E-state index contributed by atoms with van der Waals surface area (Å²) in [4.78, 5) is 14.9. The van der Waals surface area contributed by atoms with E-state index < -0.39 is 0 Å². The summed E-state index contributed by atoms with van der Waals surface area (Å²) in [5.74, 6) is 0.693. The maximum absolute atomic E-state index is 13.0. The molecule has 3 rings (SSSR count). The van der Waals surface area contributed by atoms with Crippen LogP contribution in [0.15, 0.2) is 48.3 Å². The average Bonchev–Trinajstić information content (AvgIpc) is 2.64. The molecule has 0 spiro atoms. The molecule has 0 aliphatic carbocycles. The molecule has 1 amide bonds. The number of aryl methyl sites for hydroxylation is 2. The maximum atomic E-state index is 13.0. The second kappa shape index (κ2) is 7.73. The van der Waals surface area contributed by atoms with Crippen molar-refractivity contribution in [3.05, 3.63) is 70.6 Å². The molecule has 0 aromatic heterocycles. The largest absolute Gasteiger partial charge is 0.489 e. The lowest BCUT2D eigenvalue weighted by molar-refractivity contribution is 0.0980. The first-order chi connectivity index (χ1) is 12.5. The molecular formula is C22H24FNO2. The highest BCUT2D eigenvalue weighted by atomic mass is 19.1. The second-order valence-corrected chi connectivity index (χ2v) is 6.68. The molecule has 0 saturated heterocycles. The highest BCUT2D eigenvalue weighted by Gasteiger charge is 2.27. The molecule has 0 unspecified atom stereocenters. The lowest BCUT2D eigenvalue weighted by Gasteiger charge is -2.31. The van der Waals surface area contributed by atoms with Crippen molar-refractivity contribution >= 4 is 11.6 Å². The SMILES string of the molecule is CC/C(=C\F)COc1ccc2c(c1)CCN(c1c(C)cccc1C)C2=O. The zero-order chi connectivity index (χ0) is 18.7. The van der Waals surface area contributed by atoms with Crippen LogP contribution in [0.1, 0.15) is 40.4 Å². The van der Waals surface area contributed by atoms with Gasteiger partial charge in [0.1, 0.15) is 12.4 Å². The van der Waals surface area contributed by atoms with Crippen molar-refractivity contribution < 1.29 is 13.9 Å². The Morgan fingerprint density at radius 1 is 1.23 bits per heavy atom. The molecule has 136 valence electrons. The smallest absolute Gasteiger partial charge is 0.258 e. The number of nitrogens with zero attached hydrogens (tertiary/aromatic N) is 1. The van der Waals surface area contributed by atoms with Gasteiger partial charge < -0.3 is 9.64 Å². The van der Waals surface area contributed by atoms with Gasteiger partial charge in [0.15, 0.2) is 0 Å². The van der Waals surface area contributed by atoms with Crippen LogP contribution in [0, 0.1) is 13.8 Å². The van der Waals surface area contributed by atoms with Gasteiger partial charge in [-0.25, -0.2) is 4.39 Å². The first-order valence-corrected chi connectivity index (χ1v) is 8.97. The standard InChI is InChI=1S/C22H24FNO2/c1-4-17(13-23)14-26-19-8-9-20-18(12-19)10-11-24(22(20)25)21-15(2)6-5-7-16(21)3/h5-9,12-13H,4,10-11,14H2,1-3H3/b17-13+. The Bertz CT molecular complexity index is 837. The zero-order valence-electron chi connectivity index (χ0n) is 15.5. The molecule has 1 aliphatic rings. The minimum absolute atomic E-state index is 0.0214. The van der Waals surface area contributed by atoms with Gasteiger partial charge in [0.25, 0.3) is 5.91 Å². The van der Waals surface area contributed by atoms with Crippen molar-refractivity contribution in [2.75, 3.05) is 18.1 Å². The van der Waals surface area contributed by atoms with Crippen LogP contribution in [-0.2, 0) is 6.42 Å². The van der Waals surface area contributed by atoms with Crippen LogP contribution in [0.5, 0.6) is 5.75 Å². The summed E-state index contributed by atoms with van der Waals surface area (Å²) < 4.78 is 18.3. The Morgan fingerprint density at radius 3 is 2.62 bits per heavy atom. The summed E-state index contributed by atoms with van der Waals surface area (Å²) in [5, 5.41) is 0. The number of carbonyl (C=O) groups is 1. The van der Waals surface area contributed by atoms with Gasteiger partial charge in [-0.2, -0.15) is 0 Å². The number of anilines is 1. The first-order valence-electron chi connectivity index (χ1n) is 8.97. The second-order valence-electron chi connectivity index (χ2n) is 6.68. The Hall–Kier alpha value is -2.62. The van der Waals surface area contributed by atoms with E-state index in [2.05, 4.69) is 0 Å². The summed E-state index contributed by atoms with van der Waals surface area (Å²) >= 11 is 0. The Balaban J connectivity index is 1.83. The molecule has 0 radical (unpaired) electrons. The Kier molecular flexibility index (Phi) is 5.40. The fourth-order valence-corrected chi connectivity index (χ4v) is 3.39. The van der Waals surface area contributed by atoms with E-state index in [1.807, 2.05) is 56.0 Å². The number of benzene rings is 2. The van der Waals surface area contributed by atoms with Crippen molar-refractivity contribution in [1.29, 1.82) is 0 Å². The molecule has 1 aliphatic heterocycles. The van der Waals surface area contributed by atoms with E-state index in [1.165, 1.54) is 0 Å². The highest BCUT2D eigenvalue weighted by molar-refractivity contribution is 6.09. The fourth-order valence-electron chi connectivity index (χ4n) is 3.39. The minimum atomic E-state index is 0.0214. The van der Waals surface area contributed by atoms with Gasteiger partial charge >= 0.3 is 0 Å². The number of carbonyl (C=O) groups excluding carboxylic acids is 1. The Labute approximate surface area is 154 Å². The van der Waals surface area contributed by atoms with Crippen LogP contribution < -0.4 is 9.64 Å². The molecule has 1 heterocycles. The quantitative estimate of drug-likeness (QED) is 0.744. The number of ether oxygens (including phenoxy) is 1. The molecule has 0 N–H and O–H groups in total. The lowest BCUT2D eigenvalue weighted by Crippen LogP contribution is -2.38. The number of rotatable bonds is 5. The van der Waals surface area contributed by atoms with Crippen LogP contribution in [0.25, 0.3) is 0 Å². The zero-order valence-corrected chi connectivity index (χ0v) is 15.5. The van der Waals surface area contributed by atoms with Crippen LogP contribution in [0.3, 0.4) is 0 Å². The summed E-state index contributed by atoms with van der Waals surface area (Å²) in [6, 6.07) is 11.6. The van der Waals surface area contributed by atoms with Crippen molar-refractivity contribution in [3.8, 4) is 5.75 Å². The Morgan fingerprint density at radius 2 is 1.96 bits per heavy atom.